The first-order valence-electron chi connectivity index (χ1n) is 6.56. The van der Waals surface area contributed by atoms with Crippen molar-refractivity contribution in [1.29, 1.82) is 0 Å². The summed E-state index contributed by atoms with van der Waals surface area (Å²) in [5.74, 6) is -0.349. The molecule has 1 saturated heterocycles. The number of rotatable bonds is 3. The summed E-state index contributed by atoms with van der Waals surface area (Å²) in [6, 6.07) is 4.54. The van der Waals surface area contributed by atoms with Gasteiger partial charge in [-0.25, -0.2) is 9.18 Å². The number of nitrogens with one attached hydrogen (secondary N) is 1. The van der Waals surface area contributed by atoms with Crippen molar-refractivity contribution in [3.05, 3.63) is 34.1 Å². The molecule has 20 heavy (non-hydrogen) atoms. The van der Waals surface area contributed by atoms with Crippen LogP contribution in [0.2, 0.25) is 0 Å². The fourth-order valence-electron chi connectivity index (χ4n) is 2.46. The Hall–Kier alpha value is -1.14. The van der Waals surface area contributed by atoms with Crippen molar-refractivity contribution in [2.45, 2.75) is 31.8 Å². The molecular weight excluding hydrogens is 327 g/mol. The molecule has 0 aliphatic carbocycles. The molecule has 1 fully saturated rings. The molecule has 0 bridgehead atoms. The van der Waals surface area contributed by atoms with E-state index < -0.39 is 5.54 Å². The van der Waals surface area contributed by atoms with Crippen molar-refractivity contribution in [3.63, 3.8) is 0 Å². The number of aliphatic hydroxyl groups is 1. The normalized spacial score (nSPS) is 22.1. The van der Waals surface area contributed by atoms with E-state index in [1.165, 1.54) is 6.07 Å². The lowest BCUT2D eigenvalue weighted by molar-refractivity contribution is 0.0973. The van der Waals surface area contributed by atoms with Crippen LogP contribution in [0, 0.1) is 5.82 Å². The monoisotopic (exact) mass is 344 g/mol. The summed E-state index contributed by atoms with van der Waals surface area (Å²) in [6.45, 7) is 2.73. The van der Waals surface area contributed by atoms with E-state index in [9.17, 15) is 14.3 Å². The van der Waals surface area contributed by atoms with E-state index in [1.807, 2.05) is 6.92 Å². The number of nitrogens with zero attached hydrogens (tertiary/aromatic N) is 1. The van der Waals surface area contributed by atoms with Gasteiger partial charge in [-0.1, -0.05) is 6.07 Å². The van der Waals surface area contributed by atoms with E-state index >= 15 is 0 Å². The highest BCUT2D eigenvalue weighted by Crippen LogP contribution is 2.28. The van der Waals surface area contributed by atoms with Crippen LogP contribution < -0.4 is 5.32 Å². The Balaban J connectivity index is 1.96. The van der Waals surface area contributed by atoms with Gasteiger partial charge >= 0.3 is 6.03 Å². The quantitative estimate of drug-likeness (QED) is 0.885. The molecule has 0 spiro atoms. The molecule has 0 saturated carbocycles. The molecule has 110 valence electrons. The third kappa shape index (κ3) is 3.12. The number of hydrogen-bond donors (Lipinski definition) is 2. The highest BCUT2D eigenvalue weighted by Gasteiger charge is 2.38. The van der Waals surface area contributed by atoms with Gasteiger partial charge in [-0.2, -0.15) is 0 Å². The first-order chi connectivity index (χ1) is 9.46. The van der Waals surface area contributed by atoms with Crippen LogP contribution in [0.3, 0.4) is 0 Å². The molecule has 1 aromatic rings. The van der Waals surface area contributed by atoms with Gasteiger partial charge in [0.15, 0.2) is 0 Å². The number of amides is 2. The molecule has 1 atom stereocenters. The van der Waals surface area contributed by atoms with E-state index in [2.05, 4.69) is 21.2 Å². The highest BCUT2D eigenvalue weighted by molar-refractivity contribution is 9.10. The molecule has 4 nitrogen and oxygen atoms in total. The molecule has 2 amide bonds. The zero-order valence-corrected chi connectivity index (χ0v) is 12.9. The van der Waals surface area contributed by atoms with Gasteiger partial charge in [0.25, 0.3) is 0 Å². The van der Waals surface area contributed by atoms with Gasteiger partial charge in [0.1, 0.15) is 5.82 Å². The standard InChI is InChI=1S/C14H18BrFN2O2/c1-14(9-19)5-2-6-18(14)13(20)17-8-10-3-4-11(15)12(16)7-10/h3-4,7,19H,2,5-6,8-9H2,1H3,(H,17,20)/t14-/m1/s1. The van der Waals surface area contributed by atoms with Gasteiger partial charge in [-0.05, 0) is 53.4 Å². The molecule has 0 aromatic heterocycles. The summed E-state index contributed by atoms with van der Waals surface area (Å²) in [4.78, 5) is 13.8. The zero-order chi connectivity index (χ0) is 14.8. The van der Waals surface area contributed by atoms with Gasteiger partial charge in [-0.15, -0.1) is 0 Å². The number of urea groups is 1. The van der Waals surface area contributed by atoms with Gasteiger partial charge in [-0.3, -0.25) is 0 Å². The van der Waals surface area contributed by atoms with E-state index in [0.29, 0.717) is 16.6 Å². The number of benzene rings is 1. The van der Waals surface area contributed by atoms with Crippen LogP contribution in [0.1, 0.15) is 25.3 Å². The van der Waals surface area contributed by atoms with Crippen LogP contribution in [0.15, 0.2) is 22.7 Å². The van der Waals surface area contributed by atoms with Crippen molar-refractivity contribution in [1.82, 2.24) is 10.2 Å². The minimum absolute atomic E-state index is 0.0483. The Bertz CT molecular complexity index is 512. The van der Waals surface area contributed by atoms with Gasteiger partial charge in [0.05, 0.1) is 16.6 Å². The SMILES string of the molecule is C[C@]1(CO)CCCN1C(=O)NCc1ccc(Br)c(F)c1. The lowest BCUT2D eigenvalue weighted by Gasteiger charge is -2.33. The summed E-state index contributed by atoms with van der Waals surface area (Å²) in [5, 5.41) is 12.2. The maximum atomic E-state index is 13.4. The van der Waals surface area contributed by atoms with Crippen molar-refractivity contribution in [3.8, 4) is 0 Å². The van der Waals surface area contributed by atoms with Gasteiger partial charge in [0, 0.05) is 13.1 Å². The summed E-state index contributed by atoms with van der Waals surface area (Å²) >= 11 is 3.09. The predicted molar refractivity (Wildman–Crippen MR) is 77.8 cm³/mol. The maximum absolute atomic E-state index is 13.4. The van der Waals surface area contributed by atoms with Crippen molar-refractivity contribution >= 4 is 22.0 Å². The van der Waals surface area contributed by atoms with Crippen LogP contribution >= 0.6 is 15.9 Å². The summed E-state index contributed by atoms with van der Waals surface area (Å²) < 4.78 is 13.8. The fourth-order valence-corrected chi connectivity index (χ4v) is 2.70. The van der Waals surface area contributed by atoms with Crippen molar-refractivity contribution < 1.29 is 14.3 Å². The Labute approximate surface area is 126 Å². The maximum Gasteiger partial charge on any atom is 0.318 e. The Morgan fingerprint density at radius 1 is 1.60 bits per heavy atom. The molecule has 2 rings (SSSR count). The van der Waals surface area contributed by atoms with Crippen LogP contribution in [0.25, 0.3) is 0 Å². The fraction of sp³-hybridized carbons (Fsp3) is 0.500. The summed E-state index contributed by atoms with van der Waals surface area (Å²) in [6.07, 6.45) is 1.68. The topological polar surface area (TPSA) is 52.6 Å². The van der Waals surface area contributed by atoms with Crippen LogP contribution in [-0.4, -0.2) is 34.7 Å². The first-order valence-corrected chi connectivity index (χ1v) is 7.36. The molecule has 6 heteroatoms. The molecule has 1 heterocycles. The van der Waals surface area contributed by atoms with Crippen LogP contribution in [0.5, 0.6) is 0 Å². The largest absolute Gasteiger partial charge is 0.394 e. The van der Waals surface area contributed by atoms with Gasteiger partial charge < -0.3 is 15.3 Å². The molecular formula is C14H18BrFN2O2. The zero-order valence-electron chi connectivity index (χ0n) is 11.3. The average Bonchev–Trinajstić information content (AvgIpc) is 2.82. The minimum atomic E-state index is -0.491. The second-order valence-corrected chi connectivity index (χ2v) is 6.17. The summed E-state index contributed by atoms with van der Waals surface area (Å²) in [7, 11) is 0. The second-order valence-electron chi connectivity index (χ2n) is 5.32. The number of likely N-dealkylation sites (tertiary alicyclic amines) is 1. The number of carbonyl (C=O) groups is 1. The molecule has 1 aliphatic rings. The predicted octanol–water partition coefficient (Wildman–Crippen LogP) is 2.64. The second kappa shape index (κ2) is 6.10. The molecule has 0 unspecified atom stereocenters. The lowest BCUT2D eigenvalue weighted by atomic mass is 10.0. The number of aliphatic hydroxyl groups excluding tert-OH is 1. The van der Waals surface area contributed by atoms with Crippen LogP contribution in [-0.2, 0) is 6.54 Å². The van der Waals surface area contributed by atoms with Crippen molar-refractivity contribution in [2.75, 3.05) is 13.2 Å². The third-order valence-corrected chi connectivity index (χ3v) is 4.41. The van der Waals surface area contributed by atoms with E-state index in [-0.39, 0.29) is 25.0 Å². The lowest BCUT2D eigenvalue weighted by Crippen LogP contribution is -2.51. The molecule has 1 aromatic carbocycles. The molecule has 0 radical (unpaired) electrons. The van der Waals surface area contributed by atoms with E-state index in [4.69, 9.17) is 0 Å². The molecule has 1 aliphatic heterocycles. The minimum Gasteiger partial charge on any atom is -0.394 e. The smallest absolute Gasteiger partial charge is 0.318 e. The highest BCUT2D eigenvalue weighted by atomic mass is 79.9. The first kappa shape index (κ1) is 15.3. The number of hydrogen-bond acceptors (Lipinski definition) is 2. The van der Waals surface area contributed by atoms with Crippen LogP contribution in [0.4, 0.5) is 9.18 Å². The van der Waals surface area contributed by atoms with E-state index in [1.54, 1.807) is 17.0 Å². The third-order valence-electron chi connectivity index (χ3n) is 3.76. The Morgan fingerprint density at radius 3 is 3.00 bits per heavy atom. The summed E-state index contributed by atoms with van der Waals surface area (Å²) in [5.41, 5.74) is 0.207. The molecule has 2 N–H and O–H groups in total. The van der Waals surface area contributed by atoms with E-state index in [0.717, 1.165) is 12.8 Å². The number of halogens is 2. The average molecular weight is 345 g/mol. The Morgan fingerprint density at radius 2 is 2.35 bits per heavy atom. The van der Waals surface area contributed by atoms with Crippen molar-refractivity contribution in [2.24, 2.45) is 0 Å². The Kier molecular flexibility index (Phi) is 4.65. The number of carbonyl (C=O) groups excluding carboxylic acids is 1. The van der Waals surface area contributed by atoms with Gasteiger partial charge in [0.2, 0.25) is 0 Å².